The van der Waals surface area contributed by atoms with E-state index in [-0.39, 0.29) is 19.2 Å². The van der Waals surface area contributed by atoms with Gasteiger partial charge >= 0.3 is 0 Å². The van der Waals surface area contributed by atoms with Crippen LogP contribution in [-0.2, 0) is 4.74 Å². The van der Waals surface area contributed by atoms with Gasteiger partial charge in [0, 0.05) is 19.2 Å². The Hall–Kier alpha value is -1.34. The van der Waals surface area contributed by atoms with E-state index in [0.29, 0.717) is 12.5 Å². The third-order valence-electron chi connectivity index (χ3n) is 2.99. The molecule has 0 heterocycles. The number of aliphatic hydroxyl groups is 1. The third kappa shape index (κ3) is 3.83. The Bertz CT molecular complexity index is 454. The number of nitrogens with one attached hydrogen (secondary N) is 1. The molecule has 1 aliphatic rings. The molecule has 0 radical (unpaired) electrons. The van der Waals surface area contributed by atoms with Crippen LogP contribution in [0.25, 0.3) is 0 Å². The maximum absolute atomic E-state index is 13.3. The van der Waals surface area contributed by atoms with Crippen LogP contribution in [0.15, 0.2) is 6.07 Å². The predicted molar refractivity (Wildman–Crippen MR) is 64.3 cm³/mol. The molecule has 1 aromatic rings. The van der Waals surface area contributed by atoms with Crippen molar-refractivity contribution in [2.45, 2.75) is 18.9 Å². The van der Waals surface area contributed by atoms with E-state index < -0.39 is 35.1 Å². The van der Waals surface area contributed by atoms with Crippen molar-refractivity contribution >= 4 is 5.69 Å². The van der Waals surface area contributed by atoms with Crippen LogP contribution in [0, 0.1) is 29.2 Å². The summed E-state index contributed by atoms with van der Waals surface area (Å²) in [7, 11) is 0. The molecule has 1 aliphatic carbocycles. The Kier molecular flexibility index (Phi) is 4.82. The Morgan fingerprint density at radius 1 is 1.20 bits per heavy atom. The lowest BCUT2D eigenvalue weighted by Gasteiger charge is -2.14. The Balaban J connectivity index is 1.86. The molecule has 1 saturated carbocycles. The van der Waals surface area contributed by atoms with E-state index in [2.05, 4.69) is 5.32 Å². The van der Waals surface area contributed by atoms with Gasteiger partial charge in [-0.15, -0.1) is 0 Å². The van der Waals surface area contributed by atoms with Gasteiger partial charge in [0.05, 0.1) is 12.7 Å². The summed E-state index contributed by atoms with van der Waals surface area (Å²) in [6, 6.07) is 0.130. The van der Waals surface area contributed by atoms with Crippen LogP contribution < -0.4 is 5.32 Å². The quantitative estimate of drug-likeness (QED) is 0.599. The molecule has 1 aromatic carbocycles. The molecule has 0 saturated heterocycles. The number of hydrogen-bond donors (Lipinski definition) is 2. The number of halogens is 4. The topological polar surface area (TPSA) is 41.5 Å². The molecule has 0 amide bonds. The first-order chi connectivity index (χ1) is 9.49. The van der Waals surface area contributed by atoms with Gasteiger partial charge in [-0.1, -0.05) is 0 Å². The number of anilines is 1. The average molecular weight is 293 g/mol. The summed E-state index contributed by atoms with van der Waals surface area (Å²) in [6.07, 6.45) is 1.18. The van der Waals surface area contributed by atoms with Crippen LogP contribution in [-0.4, -0.2) is 31.0 Å². The van der Waals surface area contributed by atoms with Crippen molar-refractivity contribution in [3.05, 3.63) is 29.3 Å². The Morgan fingerprint density at radius 2 is 1.80 bits per heavy atom. The molecule has 7 heteroatoms. The lowest BCUT2D eigenvalue weighted by molar-refractivity contribution is 0.0385. The summed E-state index contributed by atoms with van der Waals surface area (Å²) in [5.74, 6) is -5.50. The average Bonchev–Trinajstić information content (AvgIpc) is 3.20. The molecule has 0 aromatic heterocycles. The van der Waals surface area contributed by atoms with Crippen molar-refractivity contribution < 1.29 is 27.4 Å². The number of benzene rings is 1. The molecule has 2 rings (SSSR count). The Labute approximate surface area is 113 Å². The molecule has 0 bridgehead atoms. The molecule has 1 atom stereocenters. The van der Waals surface area contributed by atoms with Crippen molar-refractivity contribution in [2.24, 2.45) is 5.92 Å². The fourth-order valence-electron chi connectivity index (χ4n) is 1.66. The standard InChI is InChI=1S/C13H15F4NO2/c14-9-3-10(15)12(17)13(11(9)16)18-4-8(19)6-20-5-7-1-2-7/h3,7-8,18-19H,1-2,4-6H2. The van der Waals surface area contributed by atoms with Gasteiger partial charge in [-0.3, -0.25) is 0 Å². The van der Waals surface area contributed by atoms with E-state index in [9.17, 15) is 22.7 Å². The van der Waals surface area contributed by atoms with Gasteiger partial charge in [0.25, 0.3) is 0 Å². The molecule has 1 fully saturated rings. The zero-order valence-electron chi connectivity index (χ0n) is 10.6. The highest BCUT2D eigenvalue weighted by molar-refractivity contribution is 5.47. The van der Waals surface area contributed by atoms with Gasteiger partial charge in [-0.25, -0.2) is 17.6 Å². The van der Waals surface area contributed by atoms with Gasteiger partial charge < -0.3 is 15.2 Å². The van der Waals surface area contributed by atoms with Gasteiger partial charge in [-0.05, 0) is 18.8 Å². The van der Waals surface area contributed by atoms with Crippen molar-refractivity contribution in [3.63, 3.8) is 0 Å². The van der Waals surface area contributed by atoms with Gasteiger partial charge in [0.2, 0.25) is 0 Å². The first-order valence-corrected chi connectivity index (χ1v) is 6.31. The summed E-state index contributed by atoms with van der Waals surface area (Å²) >= 11 is 0. The lowest BCUT2D eigenvalue weighted by Crippen LogP contribution is -2.26. The van der Waals surface area contributed by atoms with Crippen LogP contribution in [0.1, 0.15) is 12.8 Å². The molecule has 2 N–H and O–H groups in total. The minimum Gasteiger partial charge on any atom is -0.389 e. The molecule has 20 heavy (non-hydrogen) atoms. The Morgan fingerprint density at radius 3 is 2.35 bits per heavy atom. The summed E-state index contributed by atoms with van der Waals surface area (Å²) in [6.45, 7) is 0.250. The molecule has 0 aliphatic heterocycles. The zero-order chi connectivity index (χ0) is 14.7. The fraction of sp³-hybridized carbons (Fsp3) is 0.538. The van der Waals surface area contributed by atoms with Crippen molar-refractivity contribution in [2.75, 3.05) is 25.1 Å². The number of ether oxygens (including phenoxy) is 1. The van der Waals surface area contributed by atoms with Crippen molar-refractivity contribution in [1.82, 2.24) is 0 Å². The summed E-state index contributed by atoms with van der Waals surface area (Å²) in [4.78, 5) is 0. The third-order valence-corrected chi connectivity index (χ3v) is 2.99. The second kappa shape index (κ2) is 6.41. The SMILES string of the molecule is OC(CNc1c(F)c(F)cc(F)c1F)COCC1CC1. The van der Waals surface area contributed by atoms with E-state index in [1.54, 1.807) is 0 Å². The molecule has 0 spiro atoms. The first kappa shape index (κ1) is 15.1. The molecule has 112 valence electrons. The van der Waals surface area contributed by atoms with E-state index in [1.165, 1.54) is 0 Å². The second-order valence-corrected chi connectivity index (χ2v) is 4.86. The van der Waals surface area contributed by atoms with E-state index in [0.717, 1.165) is 12.8 Å². The normalized spacial score (nSPS) is 16.2. The van der Waals surface area contributed by atoms with Crippen molar-refractivity contribution in [3.8, 4) is 0 Å². The maximum Gasteiger partial charge on any atom is 0.185 e. The fourth-order valence-corrected chi connectivity index (χ4v) is 1.66. The minimum absolute atomic E-state index is 0.00939. The van der Waals surface area contributed by atoms with Crippen LogP contribution in [0.3, 0.4) is 0 Å². The lowest BCUT2D eigenvalue weighted by atomic mass is 10.2. The summed E-state index contributed by atoms with van der Waals surface area (Å²) < 4.78 is 57.7. The van der Waals surface area contributed by atoms with Crippen LogP contribution >= 0.6 is 0 Å². The van der Waals surface area contributed by atoms with E-state index in [4.69, 9.17) is 4.74 Å². The molecule has 3 nitrogen and oxygen atoms in total. The highest BCUT2D eigenvalue weighted by Crippen LogP contribution is 2.28. The zero-order valence-corrected chi connectivity index (χ0v) is 10.6. The highest BCUT2D eigenvalue weighted by atomic mass is 19.2. The maximum atomic E-state index is 13.3. The van der Waals surface area contributed by atoms with Crippen LogP contribution in [0.2, 0.25) is 0 Å². The molecule has 1 unspecified atom stereocenters. The predicted octanol–water partition coefficient (Wildman–Crippen LogP) is 2.44. The minimum atomic E-state index is -1.52. The molecular formula is C13H15F4NO2. The number of rotatable bonds is 7. The second-order valence-electron chi connectivity index (χ2n) is 4.86. The van der Waals surface area contributed by atoms with Crippen molar-refractivity contribution in [1.29, 1.82) is 0 Å². The van der Waals surface area contributed by atoms with Gasteiger partial charge in [0.15, 0.2) is 23.3 Å². The van der Waals surface area contributed by atoms with Crippen LogP contribution in [0.4, 0.5) is 23.2 Å². The van der Waals surface area contributed by atoms with E-state index >= 15 is 0 Å². The first-order valence-electron chi connectivity index (χ1n) is 6.31. The molecular weight excluding hydrogens is 278 g/mol. The highest BCUT2D eigenvalue weighted by Gasteiger charge is 2.22. The largest absolute Gasteiger partial charge is 0.389 e. The van der Waals surface area contributed by atoms with E-state index in [1.807, 2.05) is 0 Å². The van der Waals surface area contributed by atoms with Crippen LogP contribution in [0.5, 0.6) is 0 Å². The number of hydrogen-bond acceptors (Lipinski definition) is 3. The van der Waals surface area contributed by atoms with Gasteiger partial charge in [-0.2, -0.15) is 0 Å². The monoisotopic (exact) mass is 293 g/mol. The summed E-state index contributed by atoms with van der Waals surface area (Å²) in [5.41, 5.74) is -0.927. The number of aliphatic hydroxyl groups excluding tert-OH is 1. The van der Waals surface area contributed by atoms with Gasteiger partial charge in [0.1, 0.15) is 5.69 Å². The smallest absolute Gasteiger partial charge is 0.185 e. The summed E-state index contributed by atoms with van der Waals surface area (Å²) in [5, 5.41) is 11.7.